The third kappa shape index (κ3) is 2.67. The van der Waals surface area contributed by atoms with Crippen LogP contribution in [0.1, 0.15) is 24.0 Å². The van der Waals surface area contributed by atoms with Crippen molar-refractivity contribution in [3.63, 3.8) is 0 Å². The Labute approximate surface area is 115 Å². The molecule has 0 heterocycles. The molecule has 0 aromatic heterocycles. The fraction of sp³-hybridized carbons (Fsp3) is 0.125. The van der Waals surface area contributed by atoms with Crippen LogP contribution >= 0.6 is 0 Å². The smallest absolute Gasteiger partial charge is 0.310 e. The van der Waals surface area contributed by atoms with Crippen LogP contribution in [0.4, 0.5) is 4.39 Å². The molecule has 1 N–H and O–H groups in total. The van der Waals surface area contributed by atoms with Crippen molar-refractivity contribution in [3.05, 3.63) is 59.4 Å². The maximum absolute atomic E-state index is 14.1. The van der Waals surface area contributed by atoms with E-state index in [1.807, 2.05) is 6.07 Å². The van der Waals surface area contributed by atoms with Crippen molar-refractivity contribution in [3.8, 4) is 17.2 Å². The molecule has 0 saturated heterocycles. The zero-order chi connectivity index (χ0) is 14.7. The number of carboxylic acid groups (broad SMARTS) is 1. The van der Waals surface area contributed by atoms with E-state index >= 15 is 0 Å². The molecule has 0 aliphatic heterocycles. The highest BCUT2D eigenvalue weighted by Crippen LogP contribution is 2.27. The largest absolute Gasteiger partial charge is 0.481 e. The van der Waals surface area contributed by atoms with E-state index in [1.165, 1.54) is 13.0 Å². The highest BCUT2D eigenvalue weighted by atomic mass is 19.1. The summed E-state index contributed by atoms with van der Waals surface area (Å²) < 4.78 is 14.1. The summed E-state index contributed by atoms with van der Waals surface area (Å²) in [5, 5.41) is 17.8. The summed E-state index contributed by atoms with van der Waals surface area (Å²) in [7, 11) is 0. The van der Waals surface area contributed by atoms with Crippen LogP contribution in [0.2, 0.25) is 0 Å². The molecular formula is C16H12FNO2. The number of aliphatic carboxylic acids is 1. The fourth-order valence-electron chi connectivity index (χ4n) is 1.93. The molecule has 0 spiro atoms. The molecule has 0 amide bonds. The molecule has 0 aliphatic carbocycles. The predicted octanol–water partition coefficient (Wildman–Crippen LogP) is 3.55. The molecule has 1 atom stereocenters. The number of nitrogens with zero attached hydrogens (tertiary/aromatic N) is 1. The first-order chi connectivity index (χ1) is 9.52. The van der Waals surface area contributed by atoms with Crippen molar-refractivity contribution in [2.75, 3.05) is 0 Å². The minimum Gasteiger partial charge on any atom is -0.481 e. The lowest BCUT2D eigenvalue weighted by Gasteiger charge is -2.09. The van der Waals surface area contributed by atoms with Gasteiger partial charge in [-0.2, -0.15) is 5.26 Å². The Bertz CT molecular complexity index is 704. The minimum atomic E-state index is -0.997. The number of rotatable bonds is 3. The number of carbonyl (C=O) groups is 1. The van der Waals surface area contributed by atoms with Gasteiger partial charge in [-0.1, -0.05) is 24.3 Å². The molecule has 0 aliphatic rings. The summed E-state index contributed by atoms with van der Waals surface area (Å²) in [4.78, 5) is 10.9. The van der Waals surface area contributed by atoms with Gasteiger partial charge in [-0.15, -0.1) is 0 Å². The number of benzene rings is 2. The standard InChI is InChI=1S/C16H12FNO2/c1-10(16(19)20)12-5-6-14(15(17)8-12)13-4-2-3-11(7-13)9-18/h2-8,10H,1H3,(H,19,20). The van der Waals surface area contributed by atoms with Gasteiger partial charge in [0.2, 0.25) is 0 Å². The SMILES string of the molecule is CC(C(=O)O)c1ccc(-c2cccc(C#N)c2)c(F)c1. The average molecular weight is 269 g/mol. The first-order valence-corrected chi connectivity index (χ1v) is 6.05. The van der Waals surface area contributed by atoms with E-state index in [9.17, 15) is 9.18 Å². The second-order valence-electron chi connectivity index (χ2n) is 4.49. The van der Waals surface area contributed by atoms with Crippen LogP contribution in [0.15, 0.2) is 42.5 Å². The maximum atomic E-state index is 14.1. The van der Waals surface area contributed by atoms with Gasteiger partial charge in [0.25, 0.3) is 0 Å². The van der Waals surface area contributed by atoms with Crippen LogP contribution in [-0.2, 0) is 4.79 Å². The molecule has 0 saturated carbocycles. The van der Waals surface area contributed by atoms with Gasteiger partial charge in [0, 0.05) is 5.56 Å². The first-order valence-electron chi connectivity index (χ1n) is 6.05. The van der Waals surface area contributed by atoms with Crippen LogP contribution in [-0.4, -0.2) is 11.1 Å². The van der Waals surface area contributed by atoms with Crippen molar-refractivity contribution in [2.45, 2.75) is 12.8 Å². The molecule has 4 heteroatoms. The first kappa shape index (κ1) is 13.8. The number of nitriles is 1. The van der Waals surface area contributed by atoms with Gasteiger partial charge < -0.3 is 5.11 Å². The quantitative estimate of drug-likeness (QED) is 0.926. The monoisotopic (exact) mass is 269 g/mol. The molecule has 100 valence electrons. The van der Waals surface area contributed by atoms with Crippen LogP contribution in [0, 0.1) is 17.1 Å². The lowest BCUT2D eigenvalue weighted by atomic mass is 9.96. The molecule has 2 rings (SSSR count). The van der Waals surface area contributed by atoms with Gasteiger partial charge in [-0.05, 0) is 36.2 Å². The zero-order valence-electron chi connectivity index (χ0n) is 10.8. The summed E-state index contributed by atoms with van der Waals surface area (Å²) in [6.45, 7) is 1.51. The molecule has 20 heavy (non-hydrogen) atoms. The lowest BCUT2D eigenvalue weighted by molar-refractivity contribution is -0.138. The second kappa shape index (κ2) is 5.54. The molecule has 1 unspecified atom stereocenters. The molecule has 2 aromatic rings. The topological polar surface area (TPSA) is 61.1 Å². The summed E-state index contributed by atoms with van der Waals surface area (Å²) in [5.74, 6) is -2.25. The Kier molecular flexibility index (Phi) is 3.81. The summed E-state index contributed by atoms with van der Waals surface area (Å²) >= 11 is 0. The average Bonchev–Trinajstić information content (AvgIpc) is 2.46. The lowest BCUT2D eigenvalue weighted by Crippen LogP contribution is -2.07. The van der Waals surface area contributed by atoms with Crippen LogP contribution in [0.3, 0.4) is 0 Å². The third-order valence-corrected chi connectivity index (χ3v) is 3.17. The van der Waals surface area contributed by atoms with Crippen molar-refractivity contribution in [2.24, 2.45) is 0 Å². The van der Waals surface area contributed by atoms with Gasteiger partial charge in [-0.3, -0.25) is 4.79 Å². The van der Waals surface area contributed by atoms with Gasteiger partial charge in [0.15, 0.2) is 0 Å². The maximum Gasteiger partial charge on any atom is 0.310 e. The highest BCUT2D eigenvalue weighted by molar-refractivity contribution is 5.76. The van der Waals surface area contributed by atoms with Crippen LogP contribution in [0.5, 0.6) is 0 Å². The zero-order valence-corrected chi connectivity index (χ0v) is 10.8. The van der Waals surface area contributed by atoms with Gasteiger partial charge in [-0.25, -0.2) is 4.39 Å². The van der Waals surface area contributed by atoms with Gasteiger partial charge in [0.05, 0.1) is 17.6 Å². The Balaban J connectivity index is 2.44. The van der Waals surface area contributed by atoms with Crippen LogP contribution in [0.25, 0.3) is 11.1 Å². The Hall–Kier alpha value is -2.67. The number of hydrogen-bond donors (Lipinski definition) is 1. The normalized spacial score (nSPS) is 11.7. The van der Waals surface area contributed by atoms with E-state index in [0.717, 1.165) is 0 Å². The van der Waals surface area contributed by atoms with E-state index in [0.29, 0.717) is 22.3 Å². The van der Waals surface area contributed by atoms with E-state index in [-0.39, 0.29) is 0 Å². The van der Waals surface area contributed by atoms with E-state index < -0.39 is 17.7 Å². The Morgan fingerprint density at radius 3 is 2.65 bits per heavy atom. The fourth-order valence-corrected chi connectivity index (χ4v) is 1.93. The number of carboxylic acids is 1. The van der Waals surface area contributed by atoms with E-state index in [2.05, 4.69) is 0 Å². The highest BCUT2D eigenvalue weighted by Gasteiger charge is 2.16. The van der Waals surface area contributed by atoms with Gasteiger partial charge in [0.1, 0.15) is 5.82 Å². The Morgan fingerprint density at radius 1 is 1.30 bits per heavy atom. The molecule has 0 radical (unpaired) electrons. The van der Waals surface area contributed by atoms with Crippen molar-refractivity contribution in [1.82, 2.24) is 0 Å². The summed E-state index contributed by atoms with van der Waals surface area (Å²) in [5.41, 5.74) is 1.81. The molecule has 3 nitrogen and oxygen atoms in total. The van der Waals surface area contributed by atoms with Crippen molar-refractivity contribution < 1.29 is 14.3 Å². The van der Waals surface area contributed by atoms with E-state index in [4.69, 9.17) is 10.4 Å². The number of halogens is 1. The van der Waals surface area contributed by atoms with Crippen molar-refractivity contribution >= 4 is 5.97 Å². The molecule has 0 fully saturated rings. The predicted molar refractivity (Wildman–Crippen MR) is 72.6 cm³/mol. The summed E-state index contributed by atoms with van der Waals surface area (Å²) in [6, 6.07) is 13.0. The molecule has 0 bridgehead atoms. The molecular weight excluding hydrogens is 257 g/mol. The molecule has 2 aromatic carbocycles. The van der Waals surface area contributed by atoms with Crippen molar-refractivity contribution in [1.29, 1.82) is 5.26 Å². The van der Waals surface area contributed by atoms with Gasteiger partial charge >= 0.3 is 5.97 Å². The minimum absolute atomic E-state index is 0.350. The second-order valence-corrected chi connectivity index (χ2v) is 4.49. The summed E-state index contributed by atoms with van der Waals surface area (Å²) in [6.07, 6.45) is 0. The van der Waals surface area contributed by atoms with E-state index in [1.54, 1.807) is 36.4 Å². The number of hydrogen-bond acceptors (Lipinski definition) is 2. The van der Waals surface area contributed by atoms with Crippen LogP contribution < -0.4 is 0 Å². The third-order valence-electron chi connectivity index (χ3n) is 3.17. The Morgan fingerprint density at radius 2 is 2.05 bits per heavy atom.